The van der Waals surface area contributed by atoms with Gasteiger partial charge in [0.2, 0.25) is 5.95 Å². The molecule has 3 aromatic rings. The fourth-order valence-electron chi connectivity index (χ4n) is 4.65. The average molecular weight is 420 g/mol. The topological polar surface area (TPSA) is 100.0 Å². The fraction of sp³-hybridized carbons (Fsp3) is 0.435. The van der Waals surface area contributed by atoms with Gasteiger partial charge in [0.05, 0.1) is 18.6 Å². The summed E-state index contributed by atoms with van der Waals surface area (Å²) in [4.78, 5) is 6.66. The number of aromatic nitrogens is 5. The van der Waals surface area contributed by atoms with Gasteiger partial charge in [-0.2, -0.15) is 10.2 Å². The molecule has 1 aromatic carbocycles. The number of piperidine rings is 1. The Balaban J connectivity index is 1.54. The minimum Gasteiger partial charge on any atom is -0.507 e. The van der Waals surface area contributed by atoms with E-state index in [0.717, 1.165) is 24.0 Å². The van der Waals surface area contributed by atoms with Crippen LogP contribution in [0.15, 0.2) is 42.9 Å². The zero-order chi connectivity index (χ0) is 22.2. The molecule has 2 aromatic heterocycles. The number of anilines is 1. The number of nitrogens with zero attached hydrogens (tertiary/aromatic N) is 6. The van der Waals surface area contributed by atoms with Crippen LogP contribution in [0.5, 0.6) is 5.75 Å². The molecule has 1 aliphatic heterocycles. The van der Waals surface area contributed by atoms with Crippen LogP contribution in [-0.2, 0) is 0 Å². The van der Waals surface area contributed by atoms with E-state index in [1.165, 1.54) is 0 Å². The first kappa shape index (κ1) is 21.1. The van der Waals surface area contributed by atoms with Crippen LogP contribution >= 0.6 is 0 Å². The molecule has 8 heteroatoms. The van der Waals surface area contributed by atoms with Gasteiger partial charge < -0.3 is 15.3 Å². The molecule has 0 aliphatic carbocycles. The van der Waals surface area contributed by atoms with E-state index < -0.39 is 0 Å². The molecule has 0 atom stereocenters. The second-order valence-electron chi connectivity index (χ2n) is 9.57. The predicted octanol–water partition coefficient (Wildman–Crippen LogP) is 3.45. The van der Waals surface area contributed by atoms with Crippen LogP contribution in [0.2, 0.25) is 0 Å². The molecule has 1 saturated heterocycles. The van der Waals surface area contributed by atoms with Crippen LogP contribution in [0.3, 0.4) is 0 Å². The summed E-state index contributed by atoms with van der Waals surface area (Å²) in [5, 5.41) is 30.6. The highest BCUT2D eigenvalue weighted by Crippen LogP contribution is 2.34. The van der Waals surface area contributed by atoms with Gasteiger partial charge in [-0.05, 0) is 64.3 Å². The minimum absolute atomic E-state index is 0.0336. The molecule has 4 rings (SSSR count). The third-order valence-electron chi connectivity index (χ3n) is 5.77. The number of rotatable bonds is 4. The number of phenolic OH excluding ortho intramolecular Hbond substituents is 1. The Bertz CT molecular complexity index is 1040. The number of hydrogen-bond donors (Lipinski definition) is 2. The molecule has 1 fully saturated rings. The summed E-state index contributed by atoms with van der Waals surface area (Å²) < 4.78 is 0. The van der Waals surface area contributed by atoms with E-state index in [9.17, 15) is 5.11 Å². The highest BCUT2D eigenvalue weighted by Gasteiger charge is 2.39. The van der Waals surface area contributed by atoms with Crippen molar-refractivity contribution in [3.8, 4) is 28.1 Å². The van der Waals surface area contributed by atoms with E-state index in [4.69, 9.17) is 0 Å². The van der Waals surface area contributed by atoms with Gasteiger partial charge in [0.1, 0.15) is 11.4 Å². The van der Waals surface area contributed by atoms with Gasteiger partial charge in [0.15, 0.2) is 0 Å². The van der Waals surface area contributed by atoms with Gasteiger partial charge in [-0.1, -0.05) is 6.07 Å². The highest BCUT2D eigenvalue weighted by molar-refractivity contribution is 5.73. The Morgan fingerprint density at radius 3 is 2.29 bits per heavy atom. The summed E-state index contributed by atoms with van der Waals surface area (Å²) in [6.45, 7) is 8.91. The summed E-state index contributed by atoms with van der Waals surface area (Å²) in [5.41, 5.74) is 2.91. The van der Waals surface area contributed by atoms with E-state index >= 15 is 0 Å². The van der Waals surface area contributed by atoms with E-state index in [-0.39, 0.29) is 16.8 Å². The fourth-order valence-corrected chi connectivity index (χ4v) is 4.65. The number of hydrogen-bond acceptors (Lipinski definition) is 8. The van der Waals surface area contributed by atoms with Crippen molar-refractivity contribution < 1.29 is 5.11 Å². The lowest BCUT2D eigenvalue weighted by Gasteiger charge is -2.48. The van der Waals surface area contributed by atoms with Gasteiger partial charge in [-0.3, -0.25) is 0 Å². The maximum absolute atomic E-state index is 10.6. The highest BCUT2D eigenvalue weighted by atomic mass is 16.3. The zero-order valence-electron chi connectivity index (χ0n) is 18.7. The Morgan fingerprint density at radius 1 is 0.968 bits per heavy atom. The van der Waals surface area contributed by atoms with E-state index in [0.29, 0.717) is 23.2 Å². The van der Waals surface area contributed by atoms with Gasteiger partial charge in [0, 0.05) is 35.3 Å². The zero-order valence-corrected chi connectivity index (χ0v) is 18.7. The number of nitrogens with one attached hydrogen (secondary N) is 1. The maximum atomic E-state index is 10.6. The largest absolute Gasteiger partial charge is 0.507 e. The van der Waals surface area contributed by atoms with Gasteiger partial charge in [0.25, 0.3) is 0 Å². The molecule has 0 radical (unpaired) electrons. The maximum Gasteiger partial charge on any atom is 0.245 e. The van der Waals surface area contributed by atoms with Crippen molar-refractivity contribution in [1.82, 2.24) is 30.7 Å². The lowest BCUT2D eigenvalue weighted by molar-refractivity contribution is 0.160. The number of phenols is 1. The minimum atomic E-state index is 0.0336. The summed E-state index contributed by atoms with van der Waals surface area (Å²) in [7, 11) is 2.02. The molecule has 0 spiro atoms. The first-order valence-electron chi connectivity index (χ1n) is 10.5. The smallest absolute Gasteiger partial charge is 0.245 e. The summed E-state index contributed by atoms with van der Waals surface area (Å²) in [5.74, 6) is 0.703. The SMILES string of the molecule is CN(c1ncc(-c2ccc(-c3ccnnc3)cc2O)nn1)C1CC(C)(C)NC(C)(C)C1. The lowest BCUT2D eigenvalue weighted by Crippen LogP contribution is -2.62. The normalized spacial score (nSPS) is 18.0. The van der Waals surface area contributed by atoms with Crippen LogP contribution in [0.4, 0.5) is 5.95 Å². The van der Waals surface area contributed by atoms with Crippen molar-refractivity contribution in [2.75, 3.05) is 11.9 Å². The predicted molar refractivity (Wildman–Crippen MR) is 121 cm³/mol. The van der Waals surface area contributed by atoms with Crippen LogP contribution < -0.4 is 10.2 Å². The number of aromatic hydroxyl groups is 1. The molecule has 0 unspecified atom stereocenters. The van der Waals surface area contributed by atoms with Crippen molar-refractivity contribution in [3.63, 3.8) is 0 Å². The molecule has 0 saturated carbocycles. The van der Waals surface area contributed by atoms with E-state index in [2.05, 4.69) is 63.3 Å². The second kappa shape index (κ2) is 7.85. The summed E-state index contributed by atoms with van der Waals surface area (Å²) in [6.07, 6.45) is 6.92. The van der Waals surface area contributed by atoms with E-state index in [1.54, 1.807) is 24.7 Å². The Labute approximate surface area is 182 Å². The van der Waals surface area contributed by atoms with Gasteiger partial charge in [-0.25, -0.2) is 4.98 Å². The van der Waals surface area contributed by atoms with Crippen LogP contribution in [-0.4, -0.2) is 54.7 Å². The van der Waals surface area contributed by atoms with Crippen molar-refractivity contribution in [2.24, 2.45) is 0 Å². The number of benzene rings is 1. The second-order valence-corrected chi connectivity index (χ2v) is 9.57. The van der Waals surface area contributed by atoms with Gasteiger partial charge >= 0.3 is 0 Å². The molecule has 1 aliphatic rings. The molecule has 8 nitrogen and oxygen atoms in total. The first-order valence-corrected chi connectivity index (χ1v) is 10.5. The van der Waals surface area contributed by atoms with Crippen molar-refractivity contribution >= 4 is 5.95 Å². The third kappa shape index (κ3) is 4.64. The van der Waals surface area contributed by atoms with Gasteiger partial charge in [-0.15, -0.1) is 10.2 Å². The molecule has 0 amide bonds. The summed E-state index contributed by atoms with van der Waals surface area (Å²) in [6, 6.07) is 7.57. The summed E-state index contributed by atoms with van der Waals surface area (Å²) >= 11 is 0. The monoisotopic (exact) mass is 419 g/mol. The van der Waals surface area contributed by atoms with E-state index in [1.807, 2.05) is 25.2 Å². The molecular formula is C23H29N7O. The molecule has 31 heavy (non-hydrogen) atoms. The van der Waals surface area contributed by atoms with Crippen LogP contribution in [0.1, 0.15) is 40.5 Å². The molecular weight excluding hydrogens is 390 g/mol. The van der Waals surface area contributed by atoms with Crippen LogP contribution in [0.25, 0.3) is 22.4 Å². The lowest BCUT2D eigenvalue weighted by atomic mass is 9.79. The Kier molecular flexibility index (Phi) is 5.35. The molecule has 162 valence electrons. The Hall–Kier alpha value is -3.13. The van der Waals surface area contributed by atoms with Crippen molar-refractivity contribution in [2.45, 2.75) is 57.7 Å². The average Bonchev–Trinajstić information content (AvgIpc) is 2.72. The first-order chi connectivity index (χ1) is 14.6. The quantitative estimate of drug-likeness (QED) is 0.663. The van der Waals surface area contributed by atoms with Crippen molar-refractivity contribution in [3.05, 3.63) is 42.9 Å². The molecule has 2 N–H and O–H groups in total. The van der Waals surface area contributed by atoms with Crippen molar-refractivity contribution in [1.29, 1.82) is 0 Å². The Morgan fingerprint density at radius 2 is 1.71 bits per heavy atom. The molecule has 3 heterocycles. The standard InChI is InChI=1S/C23H29N7O/c1-22(2)11-17(12-23(3,4)29-22)30(5)21-24-14-19(27-28-21)18-7-6-15(10-20(18)31)16-8-9-25-26-13-16/h6-10,13-14,17,29,31H,11-12H2,1-5H3. The van der Waals surface area contributed by atoms with Crippen LogP contribution in [0, 0.1) is 0 Å². The molecule has 0 bridgehead atoms. The third-order valence-corrected chi connectivity index (χ3v) is 5.77.